The first-order valence-corrected chi connectivity index (χ1v) is 7.81. The molecule has 0 aliphatic rings. The fraction of sp³-hybridized carbons (Fsp3) is 0.400. The maximum absolute atomic E-state index is 11.7. The molecule has 2 rings (SSSR count). The van der Waals surface area contributed by atoms with Gasteiger partial charge >= 0.3 is 5.97 Å². The van der Waals surface area contributed by atoms with Crippen molar-refractivity contribution in [2.24, 2.45) is 7.05 Å². The van der Waals surface area contributed by atoms with Gasteiger partial charge in [0.25, 0.3) is 0 Å². The molecular weight excluding hydrogens is 302 g/mol. The smallest absolute Gasteiger partial charge is 0.319 e. The Balaban J connectivity index is 2.20. The van der Waals surface area contributed by atoms with Gasteiger partial charge in [0.1, 0.15) is 11.0 Å². The summed E-state index contributed by atoms with van der Waals surface area (Å²) in [5.41, 5.74) is 0.907. The van der Waals surface area contributed by atoms with Gasteiger partial charge in [0.15, 0.2) is 11.0 Å². The molecule has 0 saturated heterocycles. The molecule has 0 N–H and O–H groups in total. The standard InChI is InChI=1S/C15H19N3O3S/c1-5-21-14(19)10(2)22-15-17-16-13(18(15)3)11-7-6-8-12(9-11)20-4/h6-10H,5H2,1-4H3/t10-/m0/s1. The normalized spacial score (nSPS) is 12.0. The number of esters is 1. The number of methoxy groups -OCH3 is 1. The van der Waals surface area contributed by atoms with Crippen molar-refractivity contribution in [2.75, 3.05) is 13.7 Å². The largest absolute Gasteiger partial charge is 0.497 e. The third-order valence-corrected chi connectivity index (χ3v) is 4.18. The molecular formula is C15H19N3O3S. The van der Waals surface area contributed by atoms with Gasteiger partial charge in [-0.05, 0) is 26.0 Å². The van der Waals surface area contributed by atoms with Gasteiger partial charge in [0.05, 0.1) is 13.7 Å². The van der Waals surface area contributed by atoms with E-state index >= 15 is 0 Å². The summed E-state index contributed by atoms with van der Waals surface area (Å²) in [5.74, 6) is 1.23. The number of ether oxygens (including phenoxy) is 2. The van der Waals surface area contributed by atoms with E-state index in [0.29, 0.717) is 11.8 Å². The van der Waals surface area contributed by atoms with Gasteiger partial charge in [-0.15, -0.1) is 10.2 Å². The summed E-state index contributed by atoms with van der Waals surface area (Å²) >= 11 is 1.33. The molecule has 0 aliphatic carbocycles. The predicted molar refractivity (Wildman–Crippen MR) is 84.9 cm³/mol. The minimum Gasteiger partial charge on any atom is -0.497 e. The molecule has 0 amide bonds. The van der Waals surface area contributed by atoms with E-state index in [1.165, 1.54) is 11.8 Å². The zero-order chi connectivity index (χ0) is 16.1. The zero-order valence-corrected chi connectivity index (χ0v) is 13.9. The highest BCUT2D eigenvalue weighted by atomic mass is 32.2. The number of carbonyl (C=O) groups is 1. The Morgan fingerprint density at radius 2 is 2.18 bits per heavy atom. The fourth-order valence-corrected chi connectivity index (χ4v) is 2.71. The van der Waals surface area contributed by atoms with Gasteiger partial charge < -0.3 is 14.0 Å². The van der Waals surface area contributed by atoms with Crippen LogP contribution in [0, 0.1) is 0 Å². The van der Waals surface area contributed by atoms with Crippen LogP contribution in [0.2, 0.25) is 0 Å². The second kappa shape index (κ2) is 7.31. The van der Waals surface area contributed by atoms with Crippen LogP contribution in [0.5, 0.6) is 5.75 Å². The van der Waals surface area contributed by atoms with Gasteiger partial charge in [-0.3, -0.25) is 4.79 Å². The van der Waals surface area contributed by atoms with Crippen molar-refractivity contribution in [3.63, 3.8) is 0 Å². The van der Waals surface area contributed by atoms with Gasteiger partial charge in [-0.25, -0.2) is 0 Å². The van der Waals surface area contributed by atoms with E-state index in [2.05, 4.69) is 10.2 Å². The highest BCUT2D eigenvalue weighted by Crippen LogP contribution is 2.27. The van der Waals surface area contributed by atoms with Crippen LogP contribution in [0.1, 0.15) is 13.8 Å². The van der Waals surface area contributed by atoms with Crippen molar-refractivity contribution in [3.05, 3.63) is 24.3 Å². The molecule has 6 nitrogen and oxygen atoms in total. The molecule has 118 valence electrons. The minimum atomic E-state index is -0.332. The molecule has 1 aromatic heterocycles. The number of thioether (sulfide) groups is 1. The number of carbonyl (C=O) groups excluding carboxylic acids is 1. The Morgan fingerprint density at radius 1 is 1.41 bits per heavy atom. The predicted octanol–water partition coefficient (Wildman–Crippen LogP) is 2.53. The summed E-state index contributed by atoms with van der Waals surface area (Å²) in [7, 11) is 3.49. The average Bonchev–Trinajstić information content (AvgIpc) is 2.88. The summed E-state index contributed by atoms with van der Waals surface area (Å²) in [6.45, 7) is 3.96. The zero-order valence-electron chi connectivity index (χ0n) is 13.1. The molecule has 0 radical (unpaired) electrons. The van der Waals surface area contributed by atoms with Crippen molar-refractivity contribution in [3.8, 4) is 17.1 Å². The Hall–Kier alpha value is -2.02. The van der Waals surface area contributed by atoms with E-state index in [4.69, 9.17) is 9.47 Å². The van der Waals surface area contributed by atoms with E-state index < -0.39 is 0 Å². The van der Waals surface area contributed by atoms with Crippen LogP contribution in [-0.4, -0.2) is 39.7 Å². The highest BCUT2D eigenvalue weighted by Gasteiger charge is 2.20. The van der Waals surface area contributed by atoms with E-state index in [1.807, 2.05) is 35.9 Å². The second-order valence-corrected chi connectivity index (χ2v) is 5.92. The summed E-state index contributed by atoms with van der Waals surface area (Å²) in [6.07, 6.45) is 0. The maximum Gasteiger partial charge on any atom is 0.319 e. The lowest BCUT2D eigenvalue weighted by Gasteiger charge is -2.10. The average molecular weight is 321 g/mol. The van der Waals surface area contributed by atoms with Crippen LogP contribution in [0.25, 0.3) is 11.4 Å². The van der Waals surface area contributed by atoms with Crippen LogP contribution < -0.4 is 4.74 Å². The molecule has 0 unspecified atom stereocenters. The molecule has 0 aliphatic heterocycles. The maximum atomic E-state index is 11.7. The molecule has 2 aromatic rings. The van der Waals surface area contributed by atoms with Gasteiger partial charge in [0.2, 0.25) is 0 Å². The topological polar surface area (TPSA) is 66.2 Å². The minimum absolute atomic E-state index is 0.251. The second-order valence-electron chi connectivity index (χ2n) is 4.61. The Bertz CT molecular complexity index is 657. The Kier molecular flexibility index (Phi) is 5.43. The molecule has 1 atom stereocenters. The summed E-state index contributed by atoms with van der Waals surface area (Å²) in [6, 6.07) is 7.61. The van der Waals surface area contributed by atoms with E-state index in [-0.39, 0.29) is 11.2 Å². The van der Waals surface area contributed by atoms with Crippen LogP contribution in [0.3, 0.4) is 0 Å². The molecule has 0 spiro atoms. The van der Waals surface area contributed by atoms with Crippen molar-refractivity contribution < 1.29 is 14.3 Å². The number of rotatable bonds is 6. The van der Waals surface area contributed by atoms with Crippen LogP contribution in [0.15, 0.2) is 29.4 Å². The summed E-state index contributed by atoms with van der Waals surface area (Å²) < 4.78 is 12.1. The highest BCUT2D eigenvalue weighted by molar-refractivity contribution is 8.00. The third-order valence-electron chi connectivity index (χ3n) is 3.06. The van der Waals surface area contributed by atoms with Gasteiger partial charge in [-0.2, -0.15) is 0 Å². The lowest BCUT2D eigenvalue weighted by atomic mass is 10.2. The summed E-state index contributed by atoms with van der Waals surface area (Å²) in [4.78, 5) is 11.7. The lowest BCUT2D eigenvalue weighted by Crippen LogP contribution is -2.17. The van der Waals surface area contributed by atoms with E-state index in [0.717, 1.165) is 17.1 Å². The first-order valence-electron chi connectivity index (χ1n) is 6.94. The van der Waals surface area contributed by atoms with Crippen LogP contribution >= 0.6 is 11.8 Å². The van der Waals surface area contributed by atoms with E-state index in [9.17, 15) is 4.79 Å². The van der Waals surface area contributed by atoms with Crippen molar-refractivity contribution in [1.82, 2.24) is 14.8 Å². The van der Waals surface area contributed by atoms with Crippen molar-refractivity contribution in [2.45, 2.75) is 24.3 Å². The molecule has 1 aromatic carbocycles. The van der Waals surface area contributed by atoms with E-state index in [1.54, 1.807) is 21.0 Å². The SMILES string of the molecule is CCOC(=O)[C@H](C)Sc1nnc(-c2cccc(OC)c2)n1C. The van der Waals surface area contributed by atoms with Crippen molar-refractivity contribution >= 4 is 17.7 Å². The third kappa shape index (κ3) is 3.59. The number of hydrogen-bond acceptors (Lipinski definition) is 6. The molecule has 7 heteroatoms. The first kappa shape index (κ1) is 16.4. The molecule has 22 heavy (non-hydrogen) atoms. The van der Waals surface area contributed by atoms with Crippen molar-refractivity contribution in [1.29, 1.82) is 0 Å². The quantitative estimate of drug-likeness (QED) is 0.602. The molecule has 0 bridgehead atoms. The number of nitrogens with zero attached hydrogens (tertiary/aromatic N) is 3. The van der Waals surface area contributed by atoms with Crippen LogP contribution in [0.4, 0.5) is 0 Å². The van der Waals surface area contributed by atoms with Gasteiger partial charge in [-0.1, -0.05) is 23.9 Å². The number of benzene rings is 1. The molecule has 0 fully saturated rings. The fourth-order valence-electron chi connectivity index (χ4n) is 1.90. The molecule has 0 saturated carbocycles. The Morgan fingerprint density at radius 3 is 2.86 bits per heavy atom. The first-order chi connectivity index (χ1) is 10.6. The number of hydrogen-bond donors (Lipinski definition) is 0. The summed E-state index contributed by atoms with van der Waals surface area (Å²) in [5, 5.41) is 8.69. The lowest BCUT2D eigenvalue weighted by molar-refractivity contribution is -0.142. The Labute approximate surface area is 133 Å². The number of aromatic nitrogens is 3. The van der Waals surface area contributed by atoms with Gasteiger partial charge in [0, 0.05) is 12.6 Å². The molecule has 1 heterocycles. The monoisotopic (exact) mass is 321 g/mol. The van der Waals surface area contributed by atoms with Crippen LogP contribution in [-0.2, 0) is 16.6 Å².